The second-order valence-corrected chi connectivity index (χ2v) is 5.72. The minimum Gasteiger partial charge on any atom is -0.358 e. The Balaban J connectivity index is 1.93. The van der Waals surface area contributed by atoms with Gasteiger partial charge in [0.2, 0.25) is 12.1 Å². The fourth-order valence-corrected chi connectivity index (χ4v) is 3.55. The second-order valence-electron chi connectivity index (χ2n) is 5.72. The van der Waals surface area contributed by atoms with Crippen molar-refractivity contribution >= 4 is 11.6 Å². The van der Waals surface area contributed by atoms with Gasteiger partial charge >= 0.3 is 5.82 Å². The molecule has 2 aliphatic heterocycles. The quantitative estimate of drug-likeness (QED) is 0.669. The standard InChI is InChI=1S/C13H21N5O2/c1-16-9-15-12(18(19)20)13(16)17-8-3-2-6-11(17)10-5-4-7-14-10/h9-11,14H,2-8H2,1H3. The third kappa shape index (κ3) is 2.26. The van der Waals surface area contributed by atoms with Gasteiger partial charge in [-0.25, -0.2) is 0 Å². The molecule has 0 saturated carbocycles. The summed E-state index contributed by atoms with van der Waals surface area (Å²) in [6.07, 6.45) is 7.28. The van der Waals surface area contributed by atoms with Crippen molar-refractivity contribution in [2.24, 2.45) is 7.05 Å². The molecule has 20 heavy (non-hydrogen) atoms. The van der Waals surface area contributed by atoms with Crippen molar-refractivity contribution < 1.29 is 4.92 Å². The molecule has 7 heteroatoms. The molecule has 2 unspecified atom stereocenters. The summed E-state index contributed by atoms with van der Waals surface area (Å²) >= 11 is 0. The molecule has 0 amide bonds. The highest BCUT2D eigenvalue weighted by molar-refractivity contribution is 5.56. The van der Waals surface area contributed by atoms with Crippen molar-refractivity contribution in [2.45, 2.75) is 44.2 Å². The van der Waals surface area contributed by atoms with E-state index in [1.807, 2.05) is 7.05 Å². The Bertz CT molecular complexity index is 495. The maximum atomic E-state index is 11.2. The van der Waals surface area contributed by atoms with Crippen LogP contribution >= 0.6 is 0 Å². The molecule has 0 radical (unpaired) electrons. The zero-order chi connectivity index (χ0) is 14.1. The first kappa shape index (κ1) is 13.4. The SMILES string of the molecule is Cn1cnc([N+](=O)[O-])c1N1CCCCC1C1CCCN1. The number of nitro groups is 1. The molecule has 2 atom stereocenters. The van der Waals surface area contributed by atoms with E-state index >= 15 is 0 Å². The molecule has 3 rings (SSSR count). The molecule has 1 N–H and O–H groups in total. The van der Waals surface area contributed by atoms with E-state index in [0.717, 1.165) is 32.4 Å². The third-order valence-corrected chi connectivity index (χ3v) is 4.44. The topological polar surface area (TPSA) is 76.2 Å². The largest absolute Gasteiger partial charge is 0.406 e. The van der Waals surface area contributed by atoms with E-state index in [-0.39, 0.29) is 10.7 Å². The van der Waals surface area contributed by atoms with Gasteiger partial charge in [-0.15, -0.1) is 0 Å². The highest BCUT2D eigenvalue weighted by Crippen LogP contribution is 2.33. The van der Waals surface area contributed by atoms with Gasteiger partial charge in [0, 0.05) is 25.7 Å². The monoisotopic (exact) mass is 279 g/mol. The molecular formula is C13H21N5O2. The lowest BCUT2D eigenvalue weighted by atomic mass is 9.94. The molecule has 2 fully saturated rings. The van der Waals surface area contributed by atoms with Gasteiger partial charge in [-0.05, 0) is 48.6 Å². The van der Waals surface area contributed by atoms with E-state index in [4.69, 9.17) is 0 Å². The maximum Gasteiger partial charge on any atom is 0.406 e. The Labute approximate surface area is 118 Å². The zero-order valence-electron chi connectivity index (χ0n) is 11.8. The number of rotatable bonds is 3. The van der Waals surface area contributed by atoms with Crippen LogP contribution in [-0.2, 0) is 7.05 Å². The highest BCUT2D eigenvalue weighted by atomic mass is 16.6. The minimum absolute atomic E-state index is 0.0163. The predicted molar refractivity (Wildman–Crippen MR) is 75.9 cm³/mol. The Kier molecular flexibility index (Phi) is 3.60. The van der Waals surface area contributed by atoms with Crippen molar-refractivity contribution in [3.8, 4) is 0 Å². The number of nitrogens with zero attached hydrogens (tertiary/aromatic N) is 4. The van der Waals surface area contributed by atoms with Crippen LogP contribution in [-0.4, -0.2) is 39.6 Å². The molecule has 110 valence electrons. The van der Waals surface area contributed by atoms with E-state index in [0.29, 0.717) is 17.9 Å². The van der Waals surface area contributed by atoms with Crippen LogP contribution in [0.2, 0.25) is 0 Å². The average molecular weight is 279 g/mol. The summed E-state index contributed by atoms with van der Waals surface area (Å²) < 4.78 is 1.78. The lowest BCUT2D eigenvalue weighted by molar-refractivity contribution is -0.388. The minimum atomic E-state index is -0.372. The molecular weight excluding hydrogens is 258 g/mol. The van der Waals surface area contributed by atoms with Crippen LogP contribution in [0.3, 0.4) is 0 Å². The number of piperidine rings is 1. The van der Waals surface area contributed by atoms with Gasteiger partial charge in [-0.3, -0.25) is 4.57 Å². The van der Waals surface area contributed by atoms with Gasteiger partial charge in [0.15, 0.2) is 0 Å². The average Bonchev–Trinajstić information content (AvgIpc) is 3.07. The Morgan fingerprint density at radius 2 is 2.25 bits per heavy atom. The van der Waals surface area contributed by atoms with Gasteiger partial charge in [-0.2, -0.15) is 0 Å². The number of nitrogens with one attached hydrogen (secondary N) is 1. The van der Waals surface area contributed by atoms with Crippen LogP contribution in [0.5, 0.6) is 0 Å². The summed E-state index contributed by atoms with van der Waals surface area (Å²) in [6, 6.07) is 0.796. The van der Waals surface area contributed by atoms with E-state index in [1.165, 1.54) is 12.8 Å². The number of hydrogen-bond acceptors (Lipinski definition) is 5. The molecule has 2 aliphatic rings. The smallest absolute Gasteiger partial charge is 0.358 e. The fraction of sp³-hybridized carbons (Fsp3) is 0.769. The van der Waals surface area contributed by atoms with Crippen molar-refractivity contribution in [3.05, 3.63) is 16.4 Å². The van der Waals surface area contributed by atoms with E-state index in [1.54, 1.807) is 10.9 Å². The van der Waals surface area contributed by atoms with Crippen LogP contribution in [0.1, 0.15) is 32.1 Å². The summed E-state index contributed by atoms with van der Waals surface area (Å²) in [5, 5.41) is 14.7. The predicted octanol–water partition coefficient (Wildman–Crippen LogP) is 1.44. The number of imidazole rings is 1. The normalized spacial score (nSPS) is 26.9. The molecule has 2 saturated heterocycles. The number of aromatic nitrogens is 2. The summed E-state index contributed by atoms with van der Waals surface area (Å²) in [4.78, 5) is 17.0. The second kappa shape index (κ2) is 5.40. The van der Waals surface area contributed by atoms with Crippen molar-refractivity contribution in [2.75, 3.05) is 18.0 Å². The summed E-state index contributed by atoms with van der Waals surface area (Å²) in [5.41, 5.74) is 0. The molecule has 0 aromatic carbocycles. The lowest BCUT2D eigenvalue weighted by Gasteiger charge is -2.40. The lowest BCUT2D eigenvalue weighted by Crippen LogP contribution is -2.51. The molecule has 1 aromatic heterocycles. The Hall–Kier alpha value is -1.63. The van der Waals surface area contributed by atoms with Crippen LogP contribution in [0.15, 0.2) is 6.33 Å². The first-order valence-electron chi connectivity index (χ1n) is 7.34. The summed E-state index contributed by atoms with van der Waals surface area (Å²) in [5.74, 6) is 0.644. The van der Waals surface area contributed by atoms with Crippen LogP contribution in [0.4, 0.5) is 11.6 Å². The van der Waals surface area contributed by atoms with Crippen molar-refractivity contribution in [3.63, 3.8) is 0 Å². The van der Waals surface area contributed by atoms with E-state index in [9.17, 15) is 10.1 Å². The molecule has 0 bridgehead atoms. The Morgan fingerprint density at radius 1 is 1.40 bits per heavy atom. The van der Waals surface area contributed by atoms with Crippen molar-refractivity contribution in [1.29, 1.82) is 0 Å². The van der Waals surface area contributed by atoms with Crippen LogP contribution in [0.25, 0.3) is 0 Å². The van der Waals surface area contributed by atoms with Gasteiger partial charge < -0.3 is 20.3 Å². The molecule has 7 nitrogen and oxygen atoms in total. The van der Waals surface area contributed by atoms with E-state index in [2.05, 4.69) is 15.2 Å². The van der Waals surface area contributed by atoms with E-state index < -0.39 is 0 Å². The molecule has 0 aliphatic carbocycles. The molecule has 3 heterocycles. The number of aryl methyl sites for hydroxylation is 1. The van der Waals surface area contributed by atoms with Gasteiger partial charge in [0.05, 0.1) is 0 Å². The van der Waals surface area contributed by atoms with Gasteiger partial charge in [-0.1, -0.05) is 0 Å². The first-order chi connectivity index (χ1) is 9.68. The molecule has 1 aromatic rings. The first-order valence-corrected chi connectivity index (χ1v) is 7.34. The number of anilines is 1. The van der Waals surface area contributed by atoms with Crippen LogP contribution in [0, 0.1) is 10.1 Å². The van der Waals surface area contributed by atoms with Gasteiger partial charge in [0.1, 0.15) is 0 Å². The third-order valence-electron chi connectivity index (χ3n) is 4.44. The summed E-state index contributed by atoms with van der Waals surface area (Å²) in [6.45, 7) is 1.94. The fourth-order valence-electron chi connectivity index (χ4n) is 3.55. The zero-order valence-corrected chi connectivity index (χ0v) is 11.8. The Morgan fingerprint density at radius 3 is 2.95 bits per heavy atom. The highest BCUT2D eigenvalue weighted by Gasteiger charge is 2.36. The van der Waals surface area contributed by atoms with Crippen molar-refractivity contribution in [1.82, 2.24) is 14.9 Å². The molecule has 0 spiro atoms. The van der Waals surface area contributed by atoms with Crippen LogP contribution < -0.4 is 10.2 Å². The van der Waals surface area contributed by atoms with Gasteiger partial charge in [0.25, 0.3) is 0 Å². The number of hydrogen-bond donors (Lipinski definition) is 1. The summed E-state index contributed by atoms with van der Waals surface area (Å²) in [7, 11) is 1.84. The maximum absolute atomic E-state index is 11.2.